The van der Waals surface area contributed by atoms with Gasteiger partial charge in [-0.25, -0.2) is 0 Å². The molecule has 1 saturated carbocycles. The van der Waals surface area contributed by atoms with E-state index in [2.05, 4.69) is 24.9 Å². The molecule has 0 bridgehead atoms. The predicted octanol–water partition coefficient (Wildman–Crippen LogP) is 1.69. The Labute approximate surface area is 103 Å². The smallest absolute Gasteiger partial charge is 0.0681 e. The summed E-state index contributed by atoms with van der Waals surface area (Å²) in [6, 6.07) is 6.06. The lowest BCUT2D eigenvalue weighted by atomic mass is 9.82. The Kier molecular flexibility index (Phi) is 3.69. The second kappa shape index (κ2) is 5.07. The highest BCUT2D eigenvalue weighted by molar-refractivity contribution is 5.53. The van der Waals surface area contributed by atoms with Crippen molar-refractivity contribution in [2.24, 2.45) is 5.92 Å². The standard InChI is InChI=1S/C14H21NO2/c1-10-5-11(9-16)3-4-14(10)15(2)8-12-6-13(17)7-12/h3-5,12-13,16-17H,6-9H2,1-2H3. The molecule has 0 atom stereocenters. The molecule has 1 aliphatic carbocycles. The minimum atomic E-state index is -0.0775. The maximum atomic E-state index is 9.28. The first-order valence-electron chi connectivity index (χ1n) is 6.19. The van der Waals surface area contributed by atoms with Gasteiger partial charge in [0, 0.05) is 19.3 Å². The fraction of sp³-hybridized carbons (Fsp3) is 0.571. The Morgan fingerprint density at radius 1 is 1.35 bits per heavy atom. The van der Waals surface area contributed by atoms with Gasteiger partial charge in [0.25, 0.3) is 0 Å². The molecule has 0 heterocycles. The molecule has 94 valence electrons. The highest BCUT2D eigenvalue weighted by Crippen LogP contribution is 2.30. The zero-order valence-electron chi connectivity index (χ0n) is 10.6. The van der Waals surface area contributed by atoms with Crippen LogP contribution in [0.2, 0.25) is 0 Å². The molecule has 2 N–H and O–H groups in total. The number of aliphatic hydroxyl groups is 2. The number of nitrogens with zero attached hydrogens (tertiary/aromatic N) is 1. The fourth-order valence-corrected chi connectivity index (χ4v) is 2.58. The van der Waals surface area contributed by atoms with E-state index in [0.717, 1.165) is 24.9 Å². The van der Waals surface area contributed by atoms with E-state index in [1.165, 1.54) is 11.3 Å². The van der Waals surface area contributed by atoms with Crippen LogP contribution in [0, 0.1) is 12.8 Å². The summed E-state index contributed by atoms with van der Waals surface area (Å²) < 4.78 is 0. The third kappa shape index (κ3) is 2.79. The SMILES string of the molecule is Cc1cc(CO)ccc1N(C)CC1CC(O)C1. The predicted molar refractivity (Wildman–Crippen MR) is 69.1 cm³/mol. The molecule has 0 aromatic heterocycles. The molecule has 1 aromatic rings. The summed E-state index contributed by atoms with van der Waals surface area (Å²) in [6.07, 6.45) is 1.78. The maximum absolute atomic E-state index is 9.28. The minimum absolute atomic E-state index is 0.0775. The number of aryl methyl sites for hydroxylation is 1. The van der Waals surface area contributed by atoms with Gasteiger partial charge in [0.05, 0.1) is 12.7 Å². The first kappa shape index (κ1) is 12.4. The van der Waals surface area contributed by atoms with Gasteiger partial charge in [-0.2, -0.15) is 0 Å². The van der Waals surface area contributed by atoms with Gasteiger partial charge in [0.15, 0.2) is 0 Å². The number of hydrogen-bond donors (Lipinski definition) is 2. The fourth-order valence-electron chi connectivity index (χ4n) is 2.58. The molecule has 1 aromatic carbocycles. The molecule has 0 unspecified atom stereocenters. The summed E-state index contributed by atoms with van der Waals surface area (Å²) in [5.74, 6) is 0.618. The second-order valence-corrected chi connectivity index (χ2v) is 5.15. The van der Waals surface area contributed by atoms with Crippen LogP contribution in [-0.2, 0) is 6.61 Å². The summed E-state index contributed by atoms with van der Waals surface area (Å²) in [6.45, 7) is 3.16. The van der Waals surface area contributed by atoms with Gasteiger partial charge >= 0.3 is 0 Å². The summed E-state index contributed by atoms with van der Waals surface area (Å²) in [5, 5.41) is 18.4. The van der Waals surface area contributed by atoms with Crippen LogP contribution >= 0.6 is 0 Å². The zero-order valence-corrected chi connectivity index (χ0v) is 10.6. The van der Waals surface area contributed by atoms with Gasteiger partial charge in [-0.1, -0.05) is 12.1 Å². The molecular formula is C14H21NO2. The van der Waals surface area contributed by atoms with Crippen molar-refractivity contribution in [3.63, 3.8) is 0 Å². The minimum Gasteiger partial charge on any atom is -0.393 e. The molecule has 0 amide bonds. The molecule has 1 aliphatic rings. The van der Waals surface area contributed by atoms with E-state index < -0.39 is 0 Å². The average molecular weight is 235 g/mol. The molecule has 3 heteroatoms. The molecule has 1 fully saturated rings. The Hall–Kier alpha value is -1.06. The monoisotopic (exact) mass is 235 g/mol. The van der Waals surface area contributed by atoms with E-state index in [1.54, 1.807) is 0 Å². The lowest BCUT2D eigenvalue weighted by Crippen LogP contribution is -2.37. The van der Waals surface area contributed by atoms with Crippen molar-refractivity contribution in [2.45, 2.75) is 32.5 Å². The van der Waals surface area contributed by atoms with Crippen LogP contribution in [0.25, 0.3) is 0 Å². The van der Waals surface area contributed by atoms with Crippen molar-refractivity contribution in [3.8, 4) is 0 Å². The van der Waals surface area contributed by atoms with Crippen molar-refractivity contribution >= 4 is 5.69 Å². The molecule has 0 saturated heterocycles. The summed E-state index contributed by atoms with van der Waals surface area (Å²) in [4.78, 5) is 2.24. The Morgan fingerprint density at radius 3 is 2.59 bits per heavy atom. The van der Waals surface area contributed by atoms with Crippen LogP contribution in [0.4, 0.5) is 5.69 Å². The molecule has 17 heavy (non-hydrogen) atoms. The first-order valence-corrected chi connectivity index (χ1v) is 6.19. The average Bonchev–Trinajstić information content (AvgIpc) is 2.26. The molecule has 0 spiro atoms. The van der Waals surface area contributed by atoms with Crippen LogP contribution in [0.15, 0.2) is 18.2 Å². The van der Waals surface area contributed by atoms with Crippen molar-refractivity contribution < 1.29 is 10.2 Å². The molecule has 0 aliphatic heterocycles. The summed E-state index contributed by atoms with van der Waals surface area (Å²) in [7, 11) is 2.09. The van der Waals surface area contributed by atoms with Crippen molar-refractivity contribution in [2.75, 3.05) is 18.5 Å². The third-order valence-corrected chi connectivity index (χ3v) is 3.60. The maximum Gasteiger partial charge on any atom is 0.0681 e. The highest BCUT2D eigenvalue weighted by Gasteiger charge is 2.28. The van der Waals surface area contributed by atoms with Crippen LogP contribution < -0.4 is 4.90 Å². The van der Waals surface area contributed by atoms with E-state index in [0.29, 0.717) is 5.92 Å². The van der Waals surface area contributed by atoms with Gasteiger partial charge in [0.2, 0.25) is 0 Å². The van der Waals surface area contributed by atoms with Crippen LogP contribution in [0.5, 0.6) is 0 Å². The summed E-state index contributed by atoms with van der Waals surface area (Å²) >= 11 is 0. The topological polar surface area (TPSA) is 43.7 Å². The molecule has 2 rings (SSSR count). The number of anilines is 1. The lowest BCUT2D eigenvalue weighted by Gasteiger charge is -2.35. The van der Waals surface area contributed by atoms with Crippen LogP contribution in [-0.4, -0.2) is 29.9 Å². The van der Waals surface area contributed by atoms with E-state index >= 15 is 0 Å². The third-order valence-electron chi connectivity index (χ3n) is 3.60. The molecule has 3 nitrogen and oxygen atoms in total. The molecular weight excluding hydrogens is 214 g/mol. The van der Waals surface area contributed by atoms with Crippen molar-refractivity contribution in [1.29, 1.82) is 0 Å². The van der Waals surface area contributed by atoms with Crippen LogP contribution in [0.3, 0.4) is 0 Å². The zero-order chi connectivity index (χ0) is 12.4. The Morgan fingerprint density at radius 2 is 2.06 bits per heavy atom. The van der Waals surface area contributed by atoms with Gasteiger partial charge < -0.3 is 15.1 Å². The van der Waals surface area contributed by atoms with Crippen molar-refractivity contribution in [3.05, 3.63) is 29.3 Å². The number of aliphatic hydroxyl groups excluding tert-OH is 2. The quantitative estimate of drug-likeness (QED) is 0.834. The summed E-state index contributed by atoms with van der Waals surface area (Å²) in [5.41, 5.74) is 3.36. The van der Waals surface area contributed by atoms with Gasteiger partial charge in [-0.3, -0.25) is 0 Å². The second-order valence-electron chi connectivity index (χ2n) is 5.15. The van der Waals surface area contributed by atoms with E-state index in [4.69, 9.17) is 5.11 Å². The first-order chi connectivity index (χ1) is 8.10. The van der Waals surface area contributed by atoms with Crippen molar-refractivity contribution in [1.82, 2.24) is 0 Å². The largest absolute Gasteiger partial charge is 0.393 e. The van der Waals surface area contributed by atoms with Gasteiger partial charge in [0.1, 0.15) is 0 Å². The van der Waals surface area contributed by atoms with E-state index in [1.807, 2.05) is 12.1 Å². The number of rotatable bonds is 4. The normalized spacial score (nSPS) is 23.3. The Bertz CT molecular complexity index is 386. The number of hydrogen-bond acceptors (Lipinski definition) is 3. The molecule has 0 radical (unpaired) electrons. The van der Waals surface area contributed by atoms with E-state index in [-0.39, 0.29) is 12.7 Å². The van der Waals surface area contributed by atoms with E-state index in [9.17, 15) is 5.11 Å². The van der Waals surface area contributed by atoms with Gasteiger partial charge in [-0.15, -0.1) is 0 Å². The Balaban J connectivity index is 2.01. The van der Waals surface area contributed by atoms with Crippen LogP contribution in [0.1, 0.15) is 24.0 Å². The van der Waals surface area contributed by atoms with Gasteiger partial charge in [-0.05, 0) is 42.9 Å². The number of benzene rings is 1. The highest BCUT2D eigenvalue weighted by atomic mass is 16.3. The lowest BCUT2D eigenvalue weighted by molar-refractivity contribution is 0.0465.